The molecule has 0 unspecified atom stereocenters. The monoisotopic (exact) mass is 177 g/mol. The number of hydrogen-bond acceptors (Lipinski definition) is 1. The van der Waals surface area contributed by atoms with Crippen molar-refractivity contribution in [1.82, 2.24) is 0 Å². The van der Waals surface area contributed by atoms with Gasteiger partial charge in [0, 0.05) is 11.4 Å². The van der Waals surface area contributed by atoms with Gasteiger partial charge in [0.25, 0.3) is 0 Å². The van der Waals surface area contributed by atoms with Gasteiger partial charge in [0.1, 0.15) is 0 Å². The van der Waals surface area contributed by atoms with E-state index in [1.807, 2.05) is 0 Å². The topological polar surface area (TPSA) is 12.4 Å². The fourth-order valence-electron chi connectivity index (χ4n) is 1.24. The third-order valence-electron chi connectivity index (χ3n) is 1.87. The van der Waals surface area contributed by atoms with Crippen LogP contribution in [0.2, 0.25) is 0 Å². The van der Waals surface area contributed by atoms with Crippen LogP contribution in [0.25, 0.3) is 0 Å². The van der Waals surface area contributed by atoms with Crippen LogP contribution < -0.4 is 0 Å². The van der Waals surface area contributed by atoms with Gasteiger partial charge in [0.2, 0.25) is 0 Å². The van der Waals surface area contributed by atoms with Gasteiger partial charge < -0.3 is 0 Å². The van der Waals surface area contributed by atoms with E-state index in [4.69, 9.17) is 0 Å². The average Bonchev–Trinajstić information content (AvgIpc) is 1.83. The van der Waals surface area contributed by atoms with Crippen molar-refractivity contribution in [2.75, 3.05) is 0 Å². The zero-order chi connectivity index (χ0) is 9.35. The molecule has 0 aromatic heterocycles. The smallest absolute Gasteiger partial charge is 0.263 e. The summed E-state index contributed by atoms with van der Waals surface area (Å²) < 4.78 is 36.6. The molecule has 1 heterocycles. The predicted molar refractivity (Wildman–Crippen MR) is 41.1 cm³/mol. The van der Waals surface area contributed by atoms with Gasteiger partial charge in [0.05, 0.1) is 5.57 Å². The van der Waals surface area contributed by atoms with Crippen LogP contribution in [0, 0.1) is 0 Å². The molecule has 1 aliphatic rings. The summed E-state index contributed by atoms with van der Waals surface area (Å²) in [6, 6.07) is 0. The van der Waals surface area contributed by atoms with Gasteiger partial charge in [-0.15, -0.1) is 0 Å². The molecule has 1 nitrogen and oxygen atoms in total. The minimum absolute atomic E-state index is 0.0741. The molecule has 0 N–H and O–H groups in total. The highest BCUT2D eigenvalue weighted by atomic mass is 19.4. The van der Waals surface area contributed by atoms with E-state index < -0.39 is 11.7 Å². The fourth-order valence-corrected chi connectivity index (χ4v) is 1.24. The van der Waals surface area contributed by atoms with Crippen molar-refractivity contribution in [3.63, 3.8) is 0 Å². The summed E-state index contributed by atoms with van der Waals surface area (Å²) in [4.78, 5) is 3.81. The number of rotatable bonds is 0. The van der Waals surface area contributed by atoms with Gasteiger partial charge in [-0.3, -0.25) is 4.99 Å². The molecule has 0 aromatic rings. The van der Waals surface area contributed by atoms with Crippen molar-refractivity contribution in [3.05, 3.63) is 11.3 Å². The minimum atomic E-state index is -4.20. The lowest BCUT2D eigenvalue weighted by Crippen LogP contribution is -2.17. The van der Waals surface area contributed by atoms with E-state index >= 15 is 0 Å². The number of alkyl halides is 3. The minimum Gasteiger partial charge on any atom is -0.263 e. The third kappa shape index (κ3) is 1.87. The molecular weight excluding hydrogens is 167 g/mol. The Labute approximate surface area is 69.0 Å². The molecule has 4 heteroatoms. The van der Waals surface area contributed by atoms with Crippen LogP contribution in [0.3, 0.4) is 0 Å². The second-order valence-corrected chi connectivity index (χ2v) is 2.91. The number of hydrogen-bond donors (Lipinski definition) is 0. The highest BCUT2D eigenvalue weighted by molar-refractivity contribution is 5.84. The van der Waals surface area contributed by atoms with E-state index in [1.54, 1.807) is 6.92 Å². The molecule has 0 amide bonds. The maximum Gasteiger partial charge on any atom is 0.414 e. The number of halogens is 3. The van der Waals surface area contributed by atoms with Gasteiger partial charge >= 0.3 is 6.18 Å². The quantitative estimate of drug-likeness (QED) is 0.539. The zero-order valence-corrected chi connectivity index (χ0v) is 7.00. The highest BCUT2D eigenvalue weighted by Crippen LogP contribution is 2.34. The SMILES string of the molecule is CC1=NC(C)=C(C(F)(F)F)CC1. The van der Waals surface area contributed by atoms with Crippen LogP contribution in [-0.4, -0.2) is 11.9 Å². The van der Waals surface area contributed by atoms with E-state index in [2.05, 4.69) is 4.99 Å². The fraction of sp³-hybridized carbons (Fsp3) is 0.625. The molecular formula is C8H10F3N. The lowest BCUT2D eigenvalue weighted by molar-refractivity contribution is -0.0949. The van der Waals surface area contributed by atoms with E-state index in [1.165, 1.54) is 6.92 Å². The Morgan fingerprint density at radius 2 is 1.75 bits per heavy atom. The molecule has 0 radical (unpaired) electrons. The molecule has 0 bridgehead atoms. The number of nitrogens with zero attached hydrogens (tertiary/aromatic N) is 1. The summed E-state index contributed by atoms with van der Waals surface area (Å²) in [7, 11) is 0. The largest absolute Gasteiger partial charge is 0.414 e. The van der Waals surface area contributed by atoms with Crippen LogP contribution in [0.1, 0.15) is 26.7 Å². The van der Waals surface area contributed by atoms with Crippen molar-refractivity contribution in [2.45, 2.75) is 32.9 Å². The first-order valence-electron chi connectivity index (χ1n) is 3.72. The molecule has 1 rings (SSSR count). The van der Waals surface area contributed by atoms with E-state index in [0.29, 0.717) is 6.42 Å². The summed E-state index contributed by atoms with van der Waals surface area (Å²) in [5, 5.41) is 0. The lowest BCUT2D eigenvalue weighted by Gasteiger charge is -2.17. The van der Waals surface area contributed by atoms with Gasteiger partial charge in [-0.2, -0.15) is 13.2 Å². The summed E-state index contributed by atoms with van der Waals surface area (Å²) >= 11 is 0. The maximum absolute atomic E-state index is 12.2. The van der Waals surface area contributed by atoms with Crippen molar-refractivity contribution in [3.8, 4) is 0 Å². The lowest BCUT2D eigenvalue weighted by atomic mass is 10.0. The Bertz CT molecular complexity index is 248. The Hall–Kier alpha value is -0.800. The Morgan fingerprint density at radius 1 is 1.17 bits per heavy atom. The van der Waals surface area contributed by atoms with E-state index in [-0.39, 0.29) is 12.1 Å². The second kappa shape index (κ2) is 2.92. The first kappa shape index (κ1) is 9.29. The number of aliphatic imine (C=N–C) groups is 1. The van der Waals surface area contributed by atoms with Gasteiger partial charge in [-0.25, -0.2) is 0 Å². The molecule has 12 heavy (non-hydrogen) atoms. The summed E-state index contributed by atoms with van der Waals surface area (Å²) in [6.07, 6.45) is -3.70. The van der Waals surface area contributed by atoms with Crippen LogP contribution in [-0.2, 0) is 0 Å². The Morgan fingerprint density at radius 3 is 2.17 bits per heavy atom. The first-order chi connectivity index (χ1) is 5.41. The van der Waals surface area contributed by atoms with Gasteiger partial charge in [-0.05, 0) is 26.7 Å². The Kier molecular flexibility index (Phi) is 2.26. The van der Waals surface area contributed by atoms with Crippen LogP contribution in [0.15, 0.2) is 16.3 Å². The van der Waals surface area contributed by atoms with Crippen LogP contribution >= 0.6 is 0 Å². The molecule has 68 valence electrons. The molecule has 1 aliphatic heterocycles. The second-order valence-electron chi connectivity index (χ2n) is 2.91. The normalized spacial score (nSPS) is 19.6. The molecule has 0 saturated heterocycles. The van der Waals surface area contributed by atoms with Crippen molar-refractivity contribution in [1.29, 1.82) is 0 Å². The molecule has 0 atom stereocenters. The zero-order valence-electron chi connectivity index (χ0n) is 7.00. The molecule has 0 aliphatic carbocycles. The molecule has 0 fully saturated rings. The van der Waals surface area contributed by atoms with Crippen molar-refractivity contribution >= 4 is 5.71 Å². The third-order valence-corrected chi connectivity index (χ3v) is 1.87. The van der Waals surface area contributed by atoms with Gasteiger partial charge in [-0.1, -0.05) is 0 Å². The van der Waals surface area contributed by atoms with Crippen molar-refractivity contribution in [2.24, 2.45) is 4.99 Å². The standard InChI is InChI=1S/C8H10F3N/c1-5-3-4-7(6(2)12-5)8(9,10)11/h3-4H2,1-2H3. The van der Waals surface area contributed by atoms with E-state index in [9.17, 15) is 13.2 Å². The van der Waals surface area contributed by atoms with Crippen LogP contribution in [0.4, 0.5) is 13.2 Å². The van der Waals surface area contributed by atoms with Crippen LogP contribution in [0.5, 0.6) is 0 Å². The first-order valence-corrected chi connectivity index (χ1v) is 3.72. The molecule has 0 aromatic carbocycles. The maximum atomic E-state index is 12.2. The van der Waals surface area contributed by atoms with E-state index in [0.717, 1.165) is 5.71 Å². The number of allylic oxidation sites excluding steroid dienone is 2. The predicted octanol–water partition coefficient (Wildman–Crippen LogP) is 3.08. The van der Waals surface area contributed by atoms with Crippen molar-refractivity contribution < 1.29 is 13.2 Å². The molecule has 0 saturated carbocycles. The summed E-state index contributed by atoms with van der Waals surface area (Å²) in [5.74, 6) is 0. The summed E-state index contributed by atoms with van der Waals surface area (Å²) in [5.41, 5.74) is 0.417. The Balaban J connectivity index is 2.98. The molecule has 0 spiro atoms. The average molecular weight is 177 g/mol. The summed E-state index contributed by atoms with van der Waals surface area (Å²) in [6.45, 7) is 3.15. The van der Waals surface area contributed by atoms with Gasteiger partial charge in [0.15, 0.2) is 0 Å². The highest BCUT2D eigenvalue weighted by Gasteiger charge is 2.36.